The van der Waals surface area contributed by atoms with E-state index in [0.717, 1.165) is 0 Å². The Morgan fingerprint density at radius 2 is 2.50 bits per heavy atom. The smallest absolute Gasteiger partial charge is 0.236 e. The van der Waals surface area contributed by atoms with Crippen molar-refractivity contribution in [1.82, 2.24) is 16.0 Å². The molecule has 5 heteroatoms. The number of hydrogen-bond donors (Lipinski definition) is 2. The van der Waals surface area contributed by atoms with E-state index in [0.29, 0.717) is 5.76 Å². The van der Waals surface area contributed by atoms with Gasteiger partial charge in [-0.05, 0) is 0 Å². The van der Waals surface area contributed by atoms with E-state index in [4.69, 9.17) is 4.74 Å². The highest BCUT2D eigenvalue weighted by molar-refractivity contribution is 5.72. The van der Waals surface area contributed by atoms with Crippen LogP contribution < -0.4 is 10.9 Å². The summed E-state index contributed by atoms with van der Waals surface area (Å²) in [6, 6.07) is 0. The van der Waals surface area contributed by atoms with Gasteiger partial charge in [0, 0.05) is 19.2 Å². The highest BCUT2D eigenvalue weighted by Gasteiger charge is 2.03. The summed E-state index contributed by atoms with van der Waals surface area (Å²) in [6.45, 7) is 1.44. The van der Waals surface area contributed by atoms with Gasteiger partial charge < -0.3 is 4.74 Å². The van der Waals surface area contributed by atoms with Gasteiger partial charge in [-0.2, -0.15) is 0 Å². The average Bonchev–Trinajstić information content (AvgIpc) is 2.05. The van der Waals surface area contributed by atoms with Crippen LogP contribution in [0.3, 0.4) is 0 Å². The van der Waals surface area contributed by atoms with Crippen LogP contribution >= 0.6 is 0 Å². The summed E-state index contributed by atoms with van der Waals surface area (Å²) in [5.41, 5.74) is 5.30. The molecule has 0 saturated heterocycles. The molecule has 2 N–H and O–H groups in total. The first-order chi connectivity index (χ1) is 5.72. The van der Waals surface area contributed by atoms with Crippen molar-refractivity contribution in [2.24, 2.45) is 0 Å². The Morgan fingerprint density at radius 1 is 1.75 bits per heavy atom. The second kappa shape index (κ2) is 3.66. The van der Waals surface area contributed by atoms with Crippen LogP contribution in [-0.4, -0.2) is 18.1 Å². The standard InChI is InChI=1S/C7H11N3O2/c1-6(11)9-10-4-3-7(12-2)5-8-10/h3-5,8H,1-2H3,(H,9,11). The normalized spacial score (nSPS) is 14.8. The Kier molecular flexibility index (Phi) is 2.57. The molecule has 0 aromatic heterocycles. The number of nitrogens with zero attached hydrogens (tertiary/aromatic N) is 1. The van der Waals surface area contributed by atoms with Crippen molar-refractivity contribution in [3.8, 4) is 0 Å². The molecule has 66 valence electrons. The lowest BCUT2D eigenvalue weighted by molar-refractivity contribution is -0.123. The Balaban J connectivity index is 2.43. The lowest BCUT2D eigenvalue weighted by Gasteiger charge is -2.22. The number of carbonyl (C=O) groups is 1. The van der Waals surface area contributed by atoms with Crippen molar-refractivity contribution < 1.29 is 9.53 Å². The minimum Gasteiger partial charge on any atom is -0.495 e. The van der Waals surface area contributed by atoms with E-state index in [1.807, 2.05) is 0 Å². The van der Waals surface area contributed by atoms with Crippen molar-refractivity contribution in [3.63, 3.8) is 0 Å². The Bertz CT molecular complexity index is 235. The molecule has 0 unspecified atom stereocenters. The minimum absolute atomic E-state index is 0.138. The SMILES string of the molecule is COC1=CNN(NC(C)=O)C=C1. The monoisotopic (exact) mass is 169 g/mol. The third-order valence-electron chi connectivity index (χ3n) is 1.25. The zero-order valence-electron chi connectivity index (χ0n) is 7.00. The molecule has 0 spiro atoms. The molecular formula is C7H11N3O2. The Labute approximate surface area is 70.6 Å². The summed E-state index contributed by atoms with van der Waals surface area (Å²) in [7, 11) is 1.58. The van der Waals surface area contributed by atoms with E-state index in [-0.39, 0.29) is 5.91 Å². The van der Waals surface area contributed by atoms with Crippen LogP contribution in [-0.2, 0) is 9.53 Å². The molecule has 0 fully saturated rings. The predicted octanol–water partition coefficient (Wildman–Crippen LogP) is -0.141. The van der Waals surface area contributed by atoms with Gasteiger partial charge in [0.25, 0.3) is 0 Å². The number of allylic oxidation sites excluding steroid dienone is 1. The zero-order chi connectivity index (χ0) is 8.97. The molecule has 0 aliphatic carbocycles. The lowest BCUT2D eigenvalue weighted by Crippen LogP contribution is -2.45. The van der Waals surface area contributed by atoms with E-state index >= 15 is 0 Å². The van der Waals surface area contributed by atoms with Crippen LogP contribution in [0.2, 0.25) is 0 Å². The van der Waals surface area contributed by atoms with Crippen molar-refractivity contribution in [2.45, 2.75) is 6.92 Å². The van der Waals surface area contributed by atoms with Gasteiger partial charge in [0.1, 0.15) is 5.76 Å². The predicted molar refractivity (Wildman–Crippen MR) is 43.0 cm³/mol. The molecule has 1 aliphatic rings. The van der Waals surface area contributed by atoms with Gasteiger partial charge in [-0.3, -0.25) is 10.2 Å². The molecular weight excluding hydrogens is 158 g/mol. The molecule has 1 aliphatic heterocycles. The summed E-state index contributed by atoms with van der Waals surface area (Å²) in [5.74, 6) is 0.568. The topological polar surface area (TPSA) is 53.6 Å². The average molecular weight is 169 g/mol. The highest BCUT2D eigenvalue weighted by Crippen LogP contribution is 2.00. The number of nitrogens with one attached hydrogen (secondary N) is 2. The maximum Gasteiger partial charge on any atom is 0.236 e. The molecule has 1 amide bonds. The van der Waals surface area contributed by atoms with Gasteiger partial charge in [-0.25, -0.2) is 10.5 Å². The van der Waals surface area contributed by atoms with Crippen LogP contribution in [0.5, 0.6) is 0 Å². The van der Waals surface area contributed by atoms with Gasteiger partial charge in [0.15, 0.2) is 0 Å². The van der Waals surface area contributed by atoms with Gasteiger partial charge in [-0.1, -0.05) is 0 Å². The number of methoxy groups -OCH3 is 1. The fourth-order valence-electron chi connectivity index (χ4n) is 0.738. The number of ether oxygens (including phenoxy) is 1. The third-order valence-corrected chi connectivity index (χ3v) is 1.25. The maximum absolute atomic E-state index is 10.6. The minimum atomic E-state index is -0.138. The van der Waals surface area contributed by atoms with E-state index < -0.39 is 0 Å². The molecule has 12 heavy (non-hydrogen) atoms. The second-order valence-corrected chi connectivity index (χ2v) is 2.23. The van der Waals surface area contributed by atoms with Crippen LogP contribution in [0, 0.1) is 0 Å². The summed E-state index contributed by atoms with van der Waals surface area (Å²) in [4.78, 5) is 10.6. The second-order valence-electron chi connectivity index (χ2n) is 2.23. The van der Waals surface area contributed by atoms with Crippen LogP contribution in [0.1, 0.15) is 6.92 Å². The fourth-order valence-corrected chi connectivity index (χ4v) is 0.738. The summed E-state index contributed by atoms with van der Waals surface area (Å²) in [5, 5.41) is 1.44. The van der Waals surface area contributed by atoms with Gasteiger partial charge >= 0.3 is 0 Å². The van der Waals surface area contributed by atoms with Gasteiger partial charge in [-0.15, -0.1) is 0 Å². The largest absolute Gasteiger partial charge is 0.495 e. The number of hydrazine groups is 2. The summed E-state index contributed by atoms with van der Waals surface area (Å²) in [6.07, 6.45) is 5.02. The van der Waals surface area contributed by atoms with Crippen molar-refractivity contribution >= 4 is 5.91 Å². The van der Waals surface area contributed by atoms with Crippen molar-refractivity contribution in [1.29, 1.82) is 0 Å². The molecule has 0 aromatic carbocycles. The number of rotatable bonds is 2. The van der Waals surface area contributed by atoms with Crippen molar-refractivity contribution in [2.75, 3.05) is 7.11 Å². The maximum atomic E-state index is 10.6. The summed E-state index contributed by atoms with van der Waals surface area (Å²) >= 11 is 0. The van der Waals surface area contributed by atoms with Gasteiger partial charge in [0.05, 0.1) is 13.3 Å². The van der Waals surface area contributed by atoms with E-state index in [2.05, 4.69) is 10.9 Å². The summed E-state index contributed by atoms with van der Waals surface area (Å²) < 4.78 is 4.92. The molecule has 5 nitrogen and oxygen atoms in total. The fraction of sp³-hybridized carbons (Fsp3) is 0.286. The van der Waals surface area contributed by atoms with Crippen molar-refractivity contribution in [3.05, 3.63) is 24.2 Å². The molecule has 0 atom stereocenters. The number of amides is 1. The van der Waals surface area contributed by atoms with E-state index in [1.165, 1.54) is 12.0 Å². The van der Waals surface area contributed by atoms with E-state index in [1.54, 1.807) is 25.6 Å². The molecule has 0 aromatic rings. The highest BCUT2D eigenvalue weighted by atomic mass is 16.5. The number of hydrogen-bond acceptors (Lipinski definition) is 4. The Morgan fingerprint density at radius 3 is 2.92 bits per heavy atom. The first-order valence-electron chi connectivity index (χ1n) is 3.47. The zero-order valence-corrected chi connectivity index (χ0v) is 7.00. The first kappa shape index (κ1) is 8.45. The quantitative estimate of drug-likeness (QED) is 0.604. The third kappa shape index (κ3) is 2.19. The molecule has 0 bridgehead atoms. The van der Waals surface area contributed by atoms with Gasteiger partial charge in [0.2, 0.25) is 5.91 Å². The Hall–Kier alpha value is -1.65. The molecule has 0 saturated carbocycles. The molecule has 0 radical (unpaired) electrons. The first-order valence-corrected chi connectivity index (χ1v) is 3.47. The lowest BCUT2D eigenvalue weighted by atomic mass is 10.5. The molecule has 1 heterocycles. The number of carbonyl (C=O) groups excluding carboxylic acids is 1. The van der Waals surface area contributed by atoms with Crippen LogP contribution in [0.15, 0.2) is 24.2 Å². The van der Waals surface area contributed by atoms with E-state index in [9.17, 15) is 4.79 Å². The van der Waals surface area contributed by atoms with Crippen LogP contribution in [0.25, 0.3) is 0 Å². The molecule has 1 rings (SSSR count). The van der Waals surface area contributed by atoms with Crippen LogP contribution in [0.4, 0.5) is 0 Å².